The molecule has 34 heavy (non-hydrogen) atoms. The van der Waals surface area contributed by atoms with Crippen molar-refractivity contribution >= 4 is 27.6 Å². The quantitative estimate of drug-likeness (QED) is 0.534. The number of ether oxygens (including phenoxy) is 4. The Morgan fingerprint density at radius 3 is 2.65 bits per heavy atom. The summed E-state index contributed by atoms with van der Waals surface area (Å²) >= 11 is 0. The fourth-order valence-electron chi connectivity index (χ4n) is 4.89. The molecule has 0 aromatic heterocycles. The minimum absolute atomic E-state index is 0.0734. The Morgan fingerprint density at radius 2 is 1.88 bits per heavy atom. The molecule has 7 heteroatoms. The van der Waals surface area contributed by atoms with E-state index < -0.39 is 5.60 Å². The van der Waals surface area contributed by atoms with E-state index in [9.17, 15) is 4.79 Å². The maximum Gasteiger partial charge on any atom is 0.407 e. The first-order valence-electron chi connectivity index (χ1n) is 11.8. The van der Waals surface area contributed by atoms with Gasteiger partial charge in [0.05, 0.1) is 7.11 Å². The van der Waals surface area contributed by atoms with E-state index >= 15 is 0 Å². The van der Waals surface area contributed by atoms with E-state index in [0.717, 1.165) is 65.9 Å². The molecule has 0 unspecified atom stereocenters. The van der Waals surface area contributed by atoms with Crippen LogP contribution in [0.5, 0.6) is 17.2 Å². The van der Waals surface area contributed by atoms with Gasteiger partial charge in [0.1, 0.15) is 11.4 Å². The van der Waals surface area contributed by atoms with Gasteiger partial charge in [-0.3, -0.25) is 4.90 Å². The highest BCUT2D eigenvalue weighted by Crippen LogP contribution is 2.40. The van der Waals surface area contributed by atoms with Gasteiger partial charge < -0.3 is 24.3 Å². The van der Waals surface area contributed by atoms with E-state index in [0.29, 0.717) is 0 Å². The van der Waals surface area contributed by atoms with Crippen LogP contribution < -0.4 is 19.5 Å². The van der Waals surface area contributed by atoms with Crippen LogP contribution in [0.3, 0.4) is 0 Å². The molecule has 5 rings (SSSR count). The average molecular weight is 465 g/mol. The highest BCUT2D eigenvalue weighted by atomic mass is 16.7. The number of nitrogens with one attached hydrogen (secondary N) is 1. The standard InChI is InChI=1S/C27H32N2O5/c1-27(2,3)34-26(30)28-19-6-5-9-29(15-19)14-18-10-17-11-24-25(33-16-32-24)13-22(17)23-12-20(31-4)7-8-21(18)23/h7-8,10-13,19H,5-6,9,14-16H2,1-4H3,(H,28,30)/t19-/m0/s1. The van der Waals surface area contributed by atoms with Gasteiger partial charge in [0.25, 0.3) is 0 Å². The molecule has 3 aromatic carbocycles. The smallest absolute Gasteiger partial charge is 0.407 e. The normalized spacial score (nSPS) is 18.3. The summed E-state index contributed by atoms with van der Waals surface area (Å²) in [5.41, 5.74) is 0.736. The molecule has 0 aliphatic carbocycles. The zero-order valence-electron chi connectivity index (χ0n) is 20.3. The van der Waals surface area contributed by atoms with E-state index in [1.54, 1.807) is 7.11 Å². The van der Waals surface area contributed by atoms with E-state index in [4.69, 9.17) is 18.9 Å². The van der Waals surface area contributed by atoms with Crippen LogP contribution in [0.1, 0.15) is 39.2 Å². The van der Waals surface area contributed by atoms with Crippen LogP contribution in [-0.2, 0) is 11.3 Å². The lowest BCUT2D eigenvalue weighted by molar-refractivity contribution is 0.0470. The monoisotopic (exact) mass is 464 g/mol. The van der Waals surface area contributed by atoms with Crippen LogP contribution in [0.2, 0.25) is 0 Å². The molecule has 7 nitrogen and oxygen atoms in total. The number of benzene rings is 3. The van der Waals surface area contributed by atoms with E-state index in [2.05, 4.69) is 40.5 Å². The fraction of sp³-hybridized carbons (Fsp3) is 0.444. The Labute approximate surface area is 199 Å². The Hall–Kier alpha value is -3.19. The molecule has 3 aromatic rings. The predicted molar refractivity (Wildman–Crippen MR) is 132 cm³/mol. The number of carbonyl (C=O) groups is 1. The Balaban J connectivity index is 1.43. The third-order valence-electron chi connectivity index (χ3n) is 6.36. The second-order valence-electron chi connectivity index (χ2n) is 10.1. The summed E-state index contributed by atoms with van der Waals surface area (Å²) in [7, 11) is 1.69. The van der Waals surface area contributed by atoms with Crippen molar-refractivity contribution in [2.75, 3.05) is 27.0 Å². The van der Waals surface area contributed by atoms with Crippen molar-refractivity contribution in [2.45, 2.75) is 51.8 Å². The first-order chi connectivity index (χ1) is 16.3. The fourth-order valence-corrected chi connectivity index (χ4v) is 4.89. The van der Waals surface area contributed by atoms with Gasteiger partial charge in [0.2, 0.25) is 6.79 Å². The van der Waals surface area contributed by atoms with Gasteiger partial charge in [-0.05, 0) is 97.6 Å². The van der Waals surface area contributed by atoms with Gasteiger partial charge in [-0.25, -0.2) is 4.79 Å². The largest absolute Gasteiger partial charge is 0.497 e. The van der Waals surface area contributed by atoms with Crippen molar-refractivity contribution in [3.63, 3.8) is 0 Å². The molecular formula is C27H32N2O5. The third kappa shape index (κ3) is 4.71. The summed E-state index contributed by atoms with van der Waals surface area (Å²) in [6.07, 6.45) is 1.63. The lowest BCUT2D eigenvalue weighted by Crippen LogP contribution is -2.48. The zero-order chi connectivity index (χ0) is 23.9. The van der Waals surface area contributed by atoms with E-state index in [1.807, 2.05) is 26.8 Å². The molecule has 0 radical (unpaired) electrons. The maximum atomic E-state index is 12.3. The molecule has 1 fully saturated rings. The number of carbonyl (C=O) groups excluding carboxylic acids is 1. The number of rotatable bonds is 4. The third-order valence-corrected chi connectivity index (χ3v) is 6.36. The minimum atomic E-state index is -0.502. The van der Waals surface area contributed by atoms with E-state index in [-0.39, 0.29) is 18.9 Å². The van der Waals surface area contributed by atoms with Crippen LogP contribution in [-0.4, -0.2) is 49.6 Å². The Morgan fingerprint density at radius 1 is 1.09 bits per heavy atom. The number of amides is 1. The SMILES string of the molecule is COc1ccc2c(CN3CCC[C@H](NC(=O)OC(C)(C)C)C3)cc3cc4c(cc3c2c1)OCO4. The summed E-state index contributed by atoms with van der Waals surface area (Å²) in [5, 5.41) is 7.60. The molecule has 1 amide bonds. The molecule has 0 saturated carbocycles. The molecule has 1 saturated heterocycles. The van der Waals surface area contributed by atoms with Crippen molar-refractivity contribution in [1.82, 2.24) is 10.2 Å². The second-order valence-corrected chi connectivity index (χ2v) is 10.1. The van der Waals surface area contributed by atoms with Crippen molar-refractivity contribution in [3.05, 3.63) is 42.0 Å². The number of hydrogen-bond acceptors (Lipinski definition) is 6. The maximum absolute atomic E-state index is 12.3. The number of likely N-dealkylation sites (tertiary alicyclic amines) is 1. The van der Waals surface area contributed by atoms with Gasteiger partial charge in [0.15, 0.2) is 11.5 Å². The zero-order valence-corrected chi connectivity index (χ0v) is 20.3. The van der Waals surface area contributed by atoms with Crippen LogP contribution in [0, 0.1) is 0 Å². The van der Waals surface area contributed by atoms with Gasteiger partial charge >= 0.3 is 6.09 Å². The molecule has 180 valence electrons. The molecule has 1 N–H and O–H groups in total. The number of nitrogens with zero attached hydrogens (tertiary/aromatic N) is 1. The number of piperidine rings is 1. The summed E-state index contributed by atoms with van der Waals surface area (Å²) in [6.45, 7) is 8.46. The average Bonchev–Trinajstić information content (AvgIpc) is 3.24. The highest BCUT2D eigenvalue weighted by Gasteiger charge is 2.25. The van der Waals surface area contributed by atoms with Gasteiger partial charge in [0, 0.05) is 19.1 Å². The number of fused-ring (bicyclic) bond motifs is 4. The summed E-state index contributed by atoms with van der Waals surface area (Å²) in [4.78, 5) is 14.7. The topological polar surface area (TPSA) is 69.3 Å². The van der Waals surface area contributed by atoms with Gasteiger partial charge in [-0.15, -0.1) is 0 Å². The van der Waals surface area contributed by atoms with Crippen molar-refractivity contribution in [3.8, 4) is 17.2 Å². The molecule has 2 aliphatic heterocycles. The van der Waals surface area contributed by atoms with Gasteiger partial charge in [-0.2, -0.15) is 0 Å². The Kier molecular flexibility index (Phi) is 5.90. The van der Waals surface area contributed by atoms with Crippen molar-refractivity contribution < 1.29 is 23.7 Å². The Bertz CT molecular complexity index is 1230. The van der Waals surface area contributed by atoms with Crippen LogP contribution in [0.25, 0.3) is 21.5 Å². The first kappa shape index (κ1) is 22.6. The number of alkyl carbamates (subject to hydrolysis) is 1. The number of methoxy groups -OCH3 is 1. The van der Waals surface area contributed by atoms with Crippen molar-refractivity contribution in [2.24, 2.45) is 0 Å². The summed E-state index contributed by atoms with van der Waals surface area (Å²) < 4.78 is 22.2. The summed E-state index contributed by atoms with van der Waals surface area (Å²) in [6, 6.07) is 12.7. The molecule has 0 spiro atoms. The van der Waals surface area contributed by atoms with Crippen LogP contribution >= 0.6 is 0 Å². The van der Waals surface area contributed by atoms with Crippen LogP contribution in [0.4, 0.5) is 4.79 Å². The van der Waals surface area contributed by atoms with E-state index in [1.165, 1.54) is 10.9 Å². The molecule has 1 atom stereocenters. The minimum Gasteiger partial charge on any atom is -0.497 e. The van der Waals surface area contributed by atoms with Crippen LogP contribution in [0.15, 0.2) is 36.4 Å². The number of hydrogen-bond donors (Lipinski definition) is 1. The molecular weight excluding hydrogens is 432 g/mol. The molecule has 0 bridgehead atoms. The lowest BCUT2D eigenvalue weighted by Gasteiger charge is -2.34. The molecule has 2 aliphatic rings. The van der Waals surface area contributed by atoms with Crippen molar-refractivity contribution in [1.29, 1.82) is 0 Å². The first-order valence-corrected chi connectivity index (χ1v) is 11.8. The predicted octanol–water partition coefficient (Wildman–Crippen LogP) is 5.22. The lowest BCUT2D eigenvalue weighted by atomic mass is 9.95. The molecule has 2 heterocycles. The van der Waals surface area contributed by atoms with Gasteiger partial charge in [-0.1, -0.05) is 6.07 Å². The summed E-state index contributed by atoms with van der Waals surface area (Å²) in [5.74, 6) is 2.37. The highest BCUT2D eigenvalue weighted by molar-refractivity contribution is 6.10. The second kappa shape index (κ2) is 8.87.